The number of aliphatic imine (C=N–C) groups is 1. The average molecular weight is 435 g/mol. The number of nitrogens with zero attached hydrogens (tertiary/aromatic N) is 2. The van der Waals surface area contributed by atoms with Crippen molar-refractivity contribution in [3.8, 4) is 11.1 Å². The van der Waals surface area contributed by atoms with Crippen LogP contribution in [-0.4, -0.2) is 23.1 Å². The number of hydrogen-bond acceptors (Lipinski definition) is 3. The lowest BCUT2D eigenvalue weighted by Gasteiger charge is -2.16. The van der Waals surface area contributed by atoms with Gasteiger partial charge in [0.2, 0.25) is 0 Å². The molecule has 0 atom stereocenters. The molecule has 0 unspecified atom stereocenters. The van der Waals surface area contributed by atoms with Gasteiger partial charge in [0.25, 0.3) is 0 Å². The molecule has 33 heavy (non-hydrogen) atoms. The Kier molecular flexibility index (Phi) is 8.25. The van der Waals surface area contributed by atoms with Crippen LogP contribution in [0.25, 0.3) is 11.1 Å². The van der Waals surface area contributed by atoms with Gasteiger partial charge in [0.1, 0.15) is 5.84 Å². The van der Waals surface area contributed by atoms with Crippen LogP contribution in [0.3, 0.4) is 0 Å². The van der Waals surface area contributed by atoms with E-state index in [-0.39, 0.29) is 0 Å². The molecule has 0 saturated carbocycles. The Bertz CT molecular complexity index is 1220. The van der Waals surface area contributed by atoms with Gasteiger partial charge < -0.3 is 5.32 Å². The molecule has 166 valence electrons. The van der Waals surface area contributed by atoms with Crippen molar-refractivity contribution in [3.05, 3.63) is 120 Å². The lowest BCUT2D eigenvalue weighted by atomic mass is 9.97. The minimum Gasteiger partial charge on any atom is -0.366 e. The van der Waals surface area contributed by atoms with E-state index in [2.05, 4.69) is 35.1 Å². The molecule has 4 heteroatoms. The van der Waals surface area contributed by atoms with E-state index < -0.39 is 0 Å². The maximum Gasteiger partial charge on any atom is 0.128 e. The van der Waals surface area contributed by atoms with E-state index in [0.717, 1.165) is 44.8 Å². The van der Waals surface area contributed by atoms with Crippen molar-refractivity contribution in [2.24, 2.45) is 4.99 Å². The maximum absolute atomic E-state index is 8.88. The molecule has 0 aliphatic rings. The topological polar surface area (TPSA) is 61.1 Å². The normalized spacial score (nSPS) is 11.8. The van der Waals surface area contributed by atoms with Crippen molar-refractivity contribution < 1.29 is 0 Å². The second-order valence-corrected chi connectivity index (χ2v) is 7.79. The van der Waals surface area contributed by atoms with Gasteiger partial charge in [0.15, 0.2) is 0 Å². The number of aryl methyl sites for hydroxylation is 1. The number of pyridine rings is 1. The average Bonchev–Trinajstić information content (AvgIpc) is 2.83. The maximum atomic E-state index is 8.88. The summed E-state index contributed by atoms with van der Waals surface area (Å²) < 4.78 is 0. The van der Waals surface area contributed by atoms with Crippen LogP contribution in [0.5, 0.6) is 0 Å². The van der Waals surface area contributed by atoms with Gasteiger partial charge >= 0.3 is 0 Å². The van der Waals surface area contributed by atoms with Crippen LogP contribution in [0.4, 0.5) is 5.69 Å². The molecular formula is C29H30N4. The number of rotatable bonds is 8. The standard InChI is InChI=1S/C29H30N4/c1-5-6-8-12-21(2)19-32-29(30)28-26(24-13-9-7-10-14-24)15-11-16-27(28)33-23(4)25-17-22(3)18-31-20-25/h5-18,20H,2,19H2,1,3-4H3,(H2,30,32)/b6-5-,12-8-,33-23+. The molecule has 0 amide bonds. The Labute approximate surface area is 196 Å². The van der Waals surface area contributed by atoms with Gasteiger partial charge in [-0.2, -0.15) is 0 Å². The fourth-order valence-corrected chi connectivity index (χ4v) is 3.40. The molecular weight excluding hydrogens is 404 g/mol. The summed E-state index contributed by atoms with van der Waals surface area (Å²) in [7, 11) is 0. The molecule has 1 heterocycles. The van der Waals surface area contributed by atoms with Gasteiger partial charge in [-0.05, 0) is 55.2 Å². The molecule has 2 aromatic carbocycles. The third-order valence-corrected chi connectivity index (χ3v) is 5.09. The highest BCUT2D eigenvalue weighted by molar-refractivity contribution is 6.09. The summed E-state index contributed by atoms with van der Waals surface area (Å²) in [5, 5.41) is 12.1. The van der Waals surface area contributed by atoms with Crippen LogP contribution in [0.2, 0.25) is 0 Å². The number of benzene rings is 2. The minimum absolute atomic E-state index is 0.309. The van der Waals surface area contributed by atoms with Crippen LogP contribution in [0.1, 0.15) is 30.5 Å². The molecule has 4 nitrogen and oxygen atoms in total. The highest BCUT2D eigenvalue weighted by atomic mass is 14.9. The van der Waals surface area contributed by atoms with Crippen molar-refractivity contribution in [3.63, 3.8) is 0 Å². The Morgan fingerprint density at radius 3 is 2.61 bits per heavy atom. The van der Waals surface area contributed by atoms with E-state index in [0.29, 0.717) is 12.4 Å². The number of aromatic nitrogens is 1. The van der Waals surface area contributed by atoms with Crippen molar-refractivity contribution >= 4 is 17.2 Å². The highest BCUT2D eigenvalue weighted by Crippen LogP contribution is 2.31. The summed E-state index contributed by atoms with van der Waals surface area (Å²) in [5.41, 5.74) is 7.28. The molecule has 0 aliphatic carbocycles. The van der Waals surface area contributed by atoms with E-state index in [4.69, 9.17) is 10.4 Å². The fraction of sp³-hybridized carbons (Fsp3) is 0.138. The number of allylic oxidation sites excluding steroid dienone is 3. The Hall–Kier alpha value is -4.05. The van der Waals surface area contributed by atoms with Crippen molar-refractivity contribution in [2.45, 2.75) is 20.8 Å². The van der Waals surface area contributed by atoms with Gasteiger partial charge in [-0.15, -0.1) is 0 Å². The Morgan fingerprint density at radius 2 is 1.88 bits per heavy atom. The highest BCUT2D eigenvalue weighted by Gasteiger charge is 2.15. The zero-order chi connectivity index (χ0) is 23.6. The van der Waals surface area contributed by atoms with E-state index in [9.17, 15) is 0 Å². The predicted molar refractivity (Wildman–Crippen MR) is 141 cm³/mol. The number of hydrogen-bond donors (Lipinski definition) is 2. The first-order chi connectivity index (χ1) is 16.0. The molecule has 0 spiro atoms. The lowest BCUT2D eigenvalue weighted by molar-refractivity contribution is 0.999. The Morgan fingerprint density at radius 1 is 1.09 bits per heavy atom. The van der Waals surface area contributed by atoms with Crippen LogP contribution < -0.4 is 5.32 Å². The molecule has 2 N–H and O–H groups in total. The van der Waals surface area contributed by atoms with E-state index in [1.54, 1.807) is 0 Å². The predicted octanol–water partition coefficient (Wildman–Crippen LogP) is 6.80. The van der Waals surface area contributed by atoms with Crippen LogP contribution >= 0.6 is 0 Å². The quantitative estimate of drug-likeness (QED) is 0.233. The molecule has 0 fully saturated rings. The first kappa shape index (κ1) is 23.6. The van der Waals surface area contributed by atoms with Crippen LogP contribution in [0, 0.1) is 12.3 Å². The van der Waals surface area contributed by atoms with E-state index >= 15 is 0 Å². The van der Waals surface area contributed by atoms with Gasteiger partial charge in [-0.1, -0.05) is 73.3 Å². The van der Waals surface area contributed by atoms with Gasteiger partial charge in [0.05, 0.1) is 5.69 Å². The molecule has 0 aliphatic heterocycles. The minimum atomic E-state index is 0.309. The first-order valence-electron chi connectivity index (χ1n) is 10.9. The summed E-state index contributed by atoms with van der Waals surface area (Å²) in [5.74, 6) is 0.309. The van der Waals surface area contributed by atoms with Crippen molar-refractivity contribution in [2.75, 3.05) is 6.54 Å². The second-order valence-electron chi connectivity index (χ2n) is 7.79. The third kappa shape index (κ3) is 6.47. The molecule has 3 aromatic rings. The summed E-state index contributed by atoms with van der Waals surface area (Å²) in [6.07, 6.45) is 11.5. The number of nitrogens with one attached hydrogen (secondary N) is 2. The van der Waals surface area contributed by atoms with Gasteiger partial charge in [-0.3, -0.25) is 15.4 Å². The zero-order valence-corrected chi connectivity index (χ0v) is 19.5. The van der Waals surface area contributed by atoms with Crippen LogP contribution in [0.15, 0.2) is 108 Å². The SMILES string of the molecule is C=C(/C=C\C=C/C)CNC(=N)c1c(/N=C(\C)c2cncc(C)c2)cccc1-c1ccccc1. The smallest absolute Gasteiger partial charge is 0.128 e. The fourth-order valence-electron chi connectivity index (χ4n) is 3.40. The summed E-state index contributed by atoms with van der Waals surface area (Å²) in [4.78, 5) is 9.21. The summed E-state index contributed by atoms with van der Waals surface area (Å²) in [6, 6.07) is 18.1. The van der Waals surface area contributed by atoms with Gasteiger partial charge in [0, 0.05) is 35.8 Å². The van der Waals surface area contributed by atoms with E-state index in [1.165, 1.54) is 0 Å². The second kappa shape index (κ2) is 11.5. The van der Waals surface area contributed by atoms with E-state index in [1.807, 2.05) is 93.9 Å². The van der Waals surface area contributed by atoms with Crippen LogP contribution in [-0.2, 0) is 0 Å². The molecule has 3 rings (SSSR count). The zero-order valence-electron chi connectivity index (χ0n) is 19.5. The summed E-state index contributed by atoms with van der Waals surface area (Å²) >= 11 is 0. The van der Waals surface area contributed by atoms with Crippen molar-refractivity contribution in [1.29, 1.82) is 5.41 Å². The third-order valence-electron chi connectivity index (χ3n) is 5.09. The molecule has 0 radical (unpaired) electrons. The molecule has 0 bridgehead atoms. The number of amidine groups is 1. The van der Waals surface area contributed by atoms with Gasteiger partial charge in [-0.25, -0.2) is 0 Å². The largest absolute Gasteiger partial charge is 0.366 e. The monoisotopic (exact) mass is 434 g/mol. The first-order valence-corrected chi connectivity index (χ1v) is 10.9. The molecule has 0 saturated heterocycles. The summed E-state index contributed by atoms with van der Waals surface area (Å²) in [6.45, 7) is 10.5. The lowest BCUT2D eigenvalue weighted by Crippen LogP contribution is -2.26. The van der Waals surface area contributed by atoms with Crippen molar-refractivity contribution in [1.82, 2.24) is 10.3 Å². The molecule has 1 aromatic heterocycles. The Balaban J connectivity index is 2.01.